The second kappa shape index (κ2) is 8.33. The zero-order valence-corrected chi connectivity index (χ0v) is 18.5. The zero-order chi connectivity index (χ0) is 22.4. The van der Waals surface area contributed by atoms with Crippen LogP contribution in [0, 0.1) is 11.7 Å². The molecule has 4 heterocycles. The number of carbonyl (C=O) groups is 2. The Labute approximate surface area is 187 Å². The third kappa shape index (κ3) is 3.71. The number of allylic oxidation sites excluding steroid dienone is 1. The first-order valence-electron chi connectivity index (χ1n) is 11.3. The van der Waals surface area contributed by atoms with Gasteiger partial charge in [0, 0.05) is 66.2 Å². The third-order valence-electron chi connectivity index (χ3n) is 7.14. The lowest BCUT2D eigenvalue weighted by Crippen LogP contribution is -2.45. The molecule has 8 heteroatoms. The number of benzene rings is 1. The van der Waals surface area contributed by atoms with Gasteiger partial charge in [-0.15, -0.1) is 0 Å². The number of hydrogen-bond donors (Lipinski definition) is 2. The fourth-order valence-electron chi connectivity index (χ4n) is 5.36. The monoisotopic (exact) mass is 440 g/mol. The average Bonchev–Trinajstić information content (AvgIpc) is 3.46. The summed E-state index contributed by atoms with van der Waals surface area (Å²) in [5, 5.41) is 6.17. The SMILES string of the molecule is CC1=C(C(=O)N2CCC(N3CCOCC3)C2)C(C)C(/C=C2\C(=O)Nc3ccc(F)cc32)N1. The first-order chi connectivity index (χ1) is 15.4. The Morgan fingerprint density at radius 3 is 2.81 bits per heavy atom. The zero-order valence-electron chi connectivity index (χ0n) is 18.5. The van der Waals surface area contributed by atoms with Gasteiger partial charge < -0.3 is 20.3 Å². The molecule has 0 saturated carbocycles. The summed E-state index contributed by atoms with van der Waals surface area (Å²) in [6.07, 6.45) is 2.81. The largest absolute Gasteiger partial charge is 0.381 e. The van der Waals surface area contributed by atoms with Gasteiger partial charge in [-0.05, 0) is 37.6 Å². The summed E-state index contributed by atoms with van der Waals surface area (Å²) in [6.45, 7) is 8.78. The summed E-state index contributed by atoms with van der Waals surface area (Å²) in [5.74, 6) is -0.651. The van der Waals surface area contributed by atoms with Crippen LogP contribution in [0.3, 0.4) is 0 Å². The van der Waals surface area contributed by atoms with Gasteiger partial charge in [0.15, 0.2) is 0 Å². The number of likely N-dealkylation sites (tertiary alicyclic amines) is 1. The quantitative estimate of drug-likeness (QED) is 0.704. The first kappa shape index (κ1) is 21.2. The van der Waals surface area contributed by atoms with Crippen molar-refractivity contribution in [2.24, 2.45) is 5.92 Å². The number of nitrogens with zero attached hydrogens (tertiary/aromatic N) is 2. The van der Waals surface area contributed by atoms with Gasteiger partial charge in [-0.25, -0.2) is 4.39 Å². The number of fused-ring (bicyclic) bond motifs is 1. The van der Waals surface area contributed by atoms with Crippen molar-refractivity contribution in [1.82, 2.24) is 15.1 Å². The smallest absolute Gasteiger partial charge is 0.256 e. The van der Waals surface area contributed by atoms with Gasteiger partial charge in [-0.1, -0.05) is 6.92 Å². The maximum atomic E-state index is 13.8. The number of anilines is 1. The maximum absolute atomic E-state index is 13.8. The van der Waals surface area contributed by atoms with Crippen molar-refractivity contribution in [1.29, 1.82) is 0 Å². The van der Waals surface area contributed by atoms with Crippen LogP contribution in [0.2, 0.25) is 0 Å². The molecule has 1 aromatic carbocycles. The van der Waals surface area contributed by atoms with Crippen molar-refractivity contribution < 1.29 is 18.7 Å². The summed E-state index contributed by atoms with van der Waals surface area (Å²) >= 11 is 0. The van der Waals surface area contributed by atoms with E-state index >= 15 is 0 Å². The lowest BCUT2D eigenvalue weighted by atomic mass is 9.92. The summed E-state index contributed by atoms with van der Waals surface area (Å²) < 4.78 is 19.2. The number of halogens is 1. The van der Waals surface area contributed by atoms with Gasteiger partial charge in [0.25, 0.3) is 11.8 Å². The molecule has 7 nitrogen and oxygen atoms in total. The molecule has 1 aromatic rings. The van der Waals surface area contributed by atoms with Crippen molar-refractivity contribution in [2.45, 2.75) is 32.4 Å². The molecule has 2 amide bonds. The number of hydrogen-bond acceptors (Lipinski definition) is 5. The Bertz CT molecular complexity index is 1010. The molecule has 2 saturated heterocycles. The van der Waals surface area contributed by atoms with Crippen LogP contribution in [0.1, 0.15) is 25.8 Å². The predicted molar refractivity (Wildman–Crippen MR) is 119 cm³/mol. The molecule has 0 aromatic heterocycles. The van der Waals surface area contributed by atoms with Gasteiger partial charge in [0.05, 0.1) is 19.3 Å². The van der Waals surface area contributed by atoms with Gasteiger partial charge in [-0.3, -0.25) is 14.5 Å². The van der Waals surface area contributed by atoms with E-state index in [1.165, 1.54) is 12.1 Å². The highest BCUT2D eigenvalue weighted by Gasteiger charge is 2.39. The highest BCUT2D eigenvalue weighted by atomic mass is 19.1. The molecule has 2 fully saturated rings. The van der Waals surface area contributed by atoms with Crippen molar-refractivity contribution in [2.75, 3.05) is 44.7 Å². The molecule has 4 aliphatic rings. The molecule has 170 valence electrons. The second-order valence-electron chi connectivity index (χ2n) is 9.06. The Balaban J connectivity index is 1.31. The van der Waals surface area contributed by atoms with E-state index in [0.717, 1.165) is 57.1 Å². The number of morpholine rings is 1. The summed E-state index contributed by atoms with van der Waals surface area (Å²) in [4.78, 5) is 30.3. The molecule has 0 spiro atoms. The minimum Gasteiger partial charge on any atom is -0.381 e. The normalized spacial score (nSPS) is 29.5. The van der Waals surface area contributed by atoms with Gasteiger partial charge >= 0.3 is 0 Å². The van der Waals surface area contributed by atoms with E-state index in [9.17, 15) is 14.0 Å². The molecule has 2 N–H and O–H groups in total. The van der Waals surface area contributed by atoms with Crippen LogP contribution >= 0.6 is 0 Å². The molecule has 32 heavy (non-hydrogen) atoms. The molecule has 0 aliphatic carbocycles. The number of amides is 2. The summed E-state index contributed by atoms with van der Waals surface area (Å²) in [6, 6.07) is 4.47. The fraction of sp³-hybridized carbons (Fsp3) is 0.500. The Morgan fingerprint density at radius 2 is 2.03 bits per heavy atom. The fourth-order valence-corrected chi connectivity index (χ4v) is 5.36. The van der Waals surface area contributed by atoms with Crippen molar-refractivity contribution in [3.8, 4) is 0 Å². The average molecular weight is 441 g/mol. The molecular weight excluding hydrogens is 411 g/mol. The second-order valence-corrected chi connectivity index (χ2v) is 9.06. The number of carbonyl (C=O) groups excluding carboxylic acids is 2. The number of ether oxygens (including phenoxy) is 1. The van der Waals surface area contributed by atoms with E-state index in [2.05, 4.69) is 15.5 Å². The molecule has 3 atom stereocenters. The molecule has 5 rings (SSSR count). The maximum Gasteiger partial charge on any atom is 0.256 e. The van der Waals surface area contributed by atoms with Crippen molar-refractivity contribution in [3.05, 3.63) is 46.9 Å². The molecule has 0 radical (unpaired) electrons. The lowest BCUT2D eigenvalue weighted by molar-refractivity contribution is -0.126. The Morgan fingerprint density at radius 1 is 1.25 bits per heavy atom. The summed E-state index contributed by atoms with van der Waals surface area (Å²) in [5.41, 5.74) is 3.23. The van der Waals surface area contributed by atoms with E-state index in [4.69, 9.17) is 4.74 Å². The predicted octanol–water partition coefficient (Wildman–Crippen LogP) is 1.98. The van der Waals surface area contributed by atoms with Crippen LogP contribution in [0.5, 0.6) is 0 Å². The molecule has 3 unspecified atom stereocenters. The van der Waals surface area contributed by atoms with Gasteiger partial charge in [-0.2, -0.15) is 0 Å². The van der Waals surface area contributed by atoms with Crippen LogP contribution < -0.4 is 10.6 Å². The number of rotatable bonds is 3. The van der Waals surface area contributed by atoms with Crippen molar-refractivity contribution >= 4 is 23.1 Å². The first-order valence-corrected chi connectivity index (χ1v) is 11.3. The Kier molecular flexibility index (Phi) is 5.51. The third-order valence-corrected chi connectivity index (χ3v) is 7.14. The van der Waals surface area contributed by atoms with Crippen LogP contribution in [0.25, 0.3) is 5.57 Å². The highest BCUT2D eigenvalue weighted by molar-refractivity contribution is 6.31. The molecular formula is C24H29FN4O3. The lowest BCUT2D eigenvalue weighted by Gasteiger charge is -2.32. The van der Waals surface area contributed by atoms with Crippen LogP contribution in [-0.4, -0.2) is 73.1 Å². The van der Waals surface area contributed by atoms with Gasteiger partial charge in [0.1, 0.15) is 5.82 Å². The van der Waals surface area contributed by atoms with E-state index in [-0.39, 0.29) is 29.6 Å². The topological polar surface area (TPSA) is 73.9 Å². The van der Waals surface area contributed by atoms with Crippen LogP contribution in [0.15, 0.2) is 35.5 Å². The van der Waals surface area contributed by atoms with Crippen LogP contribution in [0.4, 0.5) is 10.1 Å². The highest BCUT2D eigenvalue weighted by Crippen LogP contribution is 2.36. The molecule has 0 bridgehead atoms. The minimum atomic E-state index is -0.382. The molecule has 4 aliphatic heterocycles. The van der Waals surface area contributed by atoms with Crippen molar-refractivity contribution in [3.63, 3.8) is 0 Å². The van der Waals surface area contributed by atoms with Crippen LogP contribution in [-0.2, 0) is 14.3 Å². The van der Waals surface area contributed by atoms with E-state index in [0.29, 0.717) is 22.9 Å². The number of nitrogens with one attached hydrogen (secondary N) is 2. The standard InChI is InChI=1S/C24H29FN4O3/c1-14-21(12-19-18-11-16(25)3-4-20(18)27-23(19)30)26-15(2)22(14)24(31)29-6-5-17(13-29)28-7-9-32-10-8-28/h3-4,11-12,14,17,21,26H,5-10,13H2,1-2H3,(H,27,30)/b19-12-. The summed E-state index contributed by atoms with van der Waals surface area (Å²) in [7, 11) is 0. The van der Waals surface area contributed by atoms with E-state index < -0.39 is 0 Å². The minimum absolute atomic E-state index is 0.0708. The van der Waals surface area contributed by atoms with E-state index in [1.54, 1.807) is 6.07 Å². The van der Waals surface area contributed by atoms with E-state index in [1.807, 2.05) is 24.8 Å². The Hall–Kier alpha value is -2.71. The van der Waals surface area contributed by atoms with Gasteiger partial charge in [0.2, 0.25) is 0 Å².